The van der Waals surface area contributed by atoms with Crippen molar-refractivity contribution in [3.63, 3.8) is 0 Å². The van der Waals surface area contributed by atoms with Crippen molar-refractivity contribution < 1.29 is 9.90 Å². The van der Waals surface area contributed by atoms with Gasteiger partial charge in [0.2, 0.25) is 0 Å². The molecule has 1 N–H and O–H groups in total. The number of carbonyl (C=O) groups excluding carboxylic acids is 1. The van der Waals surface area contributed by atoms with E-state index in [1.807, 2.05) is 24.3 Å². The van der Waals surface area contributed by atoms with Crippen LogP contribution in [-0.4, -0.2) is 11.4 Å². The van der Waals surface area contributed by atoms with Gasteiger partial charge in [0, 0.05) is 0 Å². The number of carbonyl (C=O) groups is 1. The minimum atomic E-state index is -0.947. The molecular weight excluding hydrogens is 164 g/mol. The number of hydrogen-bond donors (Lipinski definition) is 1. The molecule has 1 aliphatic carbocycles. The summed E-state index contributed by atoms with van der Waals surface area (Å²) in [6, 6.07) is 7.63. The summed E-state index contributed by atoms with van der Waals surface area (Å²) < 4.78 is 0. The molecule has 0 amide bonds. The van der Waals surface area contributed by atoms with Crippen LogP contribution in [0.3, 0.4) is 0 Å². The van der Waals surface area contributed by atoms with Crippen LogP contribution in [0.5, 0.6) is 0 Å². The normalized spacial score (nSPS) is 18.2. The minimum Gasteiger partial charge on any atom is -0.381 e. The van der Waals surface area contributed by atoms with Crippen LogP contribution < -0.4 is 0 Å². The zero-order valence-corrected chi connectivity index (χ0v) is 7.31. The first-order valence-corrected chi connectivity index (χ1v) is 4.55. The lowest BCUT2D eigenvalue weighted by Gasteiger charge is -2.09. The third kappa shape index (κ3) is 1.63. The molecule has 68 valence electrons. The summed E-state index contributed by atoms with van der Waals surface area (Å²) in [7, 11) is 0. The van der Waals surface area contributed by atoms with Crippen LogP contribution in [0, 0.1) is 0 Å². The first kappa shape index (κ1) is 8.45. The van der Waals surface area contributed by atoms with Crippen LogP contribution in [0.25, 0.3) is 0 Å². The highest BCUT2D eigenvalue weighted by Crippen LogP contribution is 2.42. The van der Waals surface area contributed by atoms with Gasteiger partial charge in [0.05, 0.1) is 0 Å². The Morgan fingerprint density at radius 3 is 2.69 bits per heavy atom. The molecule has 1 aromatic carbocycles. The molecule has 0 aromatic heterocycles. The maximum Gasteiger partial charge on any atom is 0.153 e. The molecule has 0 bridgehead atoms. The number of hydrogen-bond acceptors (Lipinski definition) is 2. The summed E-state index contributed by atoms with van der Waals surface area (Å²) in [5, 5.41) is 9.42. The van der Waals surface area contributed by atoms with Crippen LogP contribution in [0.2, 0.25) is 0 Å². The van der Waals surface area contributed by atoms with E-state index in [1.165, 1.54) is 12.8 Å². The maximum absolute atomic E-state index is 10.5. The first-order chi connectivity index (χ1) is 6.33. The zero-order chi connectivity index (χ0) is 9.26. The fourth-order valence-corrected chi connectivity index (χ4v) is 1.62. The van der Waals surface area contributed by atoms with E-state index in [0.29, 0.717) is 12.2 Å². The second-order valence-corrected chi connectivity index (χ2v) is 3.48. The molecule has 2 rings (SSSR count). The predicted molar refractivity (Wildman–Crippen MR) is 49.4 cm³/mol. The first-order valence-electron chi connectivity index (χ1n) is 4.55. The van der Waals surface area contributed by atoms with Gasteiger partial charge in [-0.2, -0.15) is 0 Å². The molecule has 0 spiro atoms. The second kappa shape index (κ2) is 3.30. The fraction of sp³-hybridized carbons (Fsp3) is 0.364. The largest absolute Gasteiger partial charge is 0.381 e. The quantitative estimate of drug-likeness (QED) is 0.713. The number of aldehydes is 1. The molecule has 1 atom stereocenters. The van der Waals surface area contributed by atoms with Gasteiger partial charge >= 0.3 is 0 Å². The molecule has 2 nitrogen and oxygen atoms in total. The molecule has 13 heavy (non-hydrogen) atoms. The van der Waals surface area contributed by atoms with Gasteiger partial charge in [-0.3, -0.25) is 0 Å². The summed E-state index contributed by atoms with van der Waals surface area (Å²) in [4.78, 5) is 10.5. The lowest BCUT2D eigenvalue weighted by Crippen LogP contribution is -2.01. The molecule has 0 radical (unpaired) electrons. The van der Waals surface area contributed by atoms with Crippen molar-refractivity contribution in [1.82, 2.24) is 0 Å². The van der Waals surface area contributed by atoms with Gasteiger partial charge in [0.25, 0.3) is 0 Å². The van der Waals surface area contributed by atoms with Gasteiger partial charge in [-0.05, 0) is 29.9 Å². The average Bonchev–Trinajstić information content (AvgIpc) is 3.00. The molecule has 1 aromatic rings. The van der Waals surface area contributed by atoms with Crippen molar-refractivity contribution in [2.45, 2.75) is 24.9 Å². The smallest absolute Gasteiger partial charge is 0.153 e. The Bertz CT molecular complexity index is 316. The molecular formula is C11H12O2. The highest BCUT2D eigenvalue weighted by molar-refractivity contribution is 5.61. The van der Waals surface area contributed by atoms with E-state index in [2.05, 4.69) is 0 Å². The summed E-state index contributed by atoms with van der Waals surface area (Å²) in [5.41, 5.74) is 1.92. The zero-order valence-electron chi connectivity index (χ0n) is 7.31. The van der Waals surface area contributed by atoms with Crippen LogP contribution in [0.4, 0.5) is 0 Å². The van der Waals surface area contributed by atoms with Gasteiger partial charge < -0.3 is 9.90 Å². The Balaban J connectivity index is 2.36. The third-order valence-corrected chi connectivity index (χ3v) is 2.46. The summed E-state index contributed by atoms with van der Waals surface area (Å²) in [6.45, 7) is 0. The predicted octanol–water partition coefficient (Wildman–Crippen LogP) is 1.80. The monoisotopic (exact) mass is 176 g/mol. The maximum atomic E-state index is 10.5. The summed E-state index contributed by atoms with van der Waals surface area (Å²) >= 11 is 0. The Hall–Kier alpha value is -1.15. The SMILES string of the molecule is O=CC(O)c1ccccc1C1CC1. The second-order valence-electron chi connectivity index (χ2n) is 3.48. The molecule has 0 heterocycles. The van der Waals surface area contributed by atoms with E-state index in [9.17, 15) is 9.90 Å². The van der Waals surface area contributed by atoms with E-state index < -0.39 is 6.10 Å². The van der Waals surface area contributed by atoms with Crippen molar-refractivity contribution >= 4 is 6.29 Å². The molecule has 2 heteroatoms. The highest BCUT2D eigenvalue weighted by atomic mass is 16.3. The van der Waals surface area contributed by atoms with Crippen molar-refractivity contribution in [1.29, 1.82) is 0 Å². The van der Waals surface area contributed by atoms with Crippen molar-refractivity contribution in [3.8, 4) is 0 Å². The van der Waals surface area contributed by atoms with E-state index in [-0.39, 0.29) is 0 Å². The number of benzene rings is 1. The fourth-order valence-electron chi connectivity index (χ4n) is 1.62. The lowest BCUT2D eigenvalue weighted by molar-refractivity contribution is -0.115. The van der Waals surface area contributed by atoms with E-state index >= 15 is 0 Å². The lowest BCUT2D eigenvalue weighted by atomic mass is 10.00. The molecule has 0 aliphatic heterocycles. The molecule has 1 unspecified atom stereocenters. The van der Waals surface area contributed by atoms with Crippen LogP contribution in [0.1, 0.15) is 36.0 Å². The number of aliphatic hydroxyl groups is 1. The van der Waals surface area contributed by atoms with Gasteiger partial charge in [-0.1, -0.05) is 24.3 Å². The minimum absolute atomic E-state index is 0.575. The average molecular weight is 176 g/mol. The van der Waals surface area contributed by atoms with Crippen LogP contribution in [-0.2, 0) is 4.79 Å². The number of rotatable bonds is 3. The van der Waals surface area contributed by atoms with Gasteiger partial charge in [-0.15, -0.1) is 0 Å². The number of aliphatic hydroxyl groups excluding tert-OH is 1. The summed E-state index contributed by atoms with van der Waals surface area (Å²) in [6.07, 6.45) is 2.00. The van der Waals surface area contributed by atoms with Crippen LogP contribution >= 0.6 is 0 Å². The highest BCUT2D eigenvalue weighted by Gasteiger charge is 2.27. The van der Waals surface area contributed by atoms with Crippen molar-refractivity contribution in [3.05, 3.63) is 35.4 Å². The van der Waals surface area contributed by atoms with Crippen LogP contribution in [0.15, 0.2) is 24.3 Å². The topological polar surface area (TPSA) is 37.3 Å². The Morgan fingerprint density at radius 1 is 1.38 bits per heavy atom. The van der Waals surface area contributed by atoms with E-state index in [0.717, 1.165) is 11.1 Å². The standard InChI is InChI=1S/C11H12O2/c12-7-11(13)10-4-2-1-3-9(10)8-5-6-8/h1-4,7-8,11,13H,5-6H2. The molecule has 0 saturated heterocycles. The van der Waals surface area contributed by atoms with Gasteiger partial charge in [0.15, 0.2) is 6.29 Å². The van der Waals surface area contributed by atoms with Crippen molar-refractivity contribution in [2.24, 2.45) is 0 Å². The third-order valence-electron chi connectivity index (χ3n) is 2.46. The van der Waals surface area contributed by atoms with E-state index in [4.69, 9.17) is 0 Å². The van der Waals surface area contributed by atoms with E-state index in [1.54, 1.807) is 0 Å². The summed E-state index contributed by atoms with van der Waals surface area (Å²) in [5.74, 6) is 0.575. The molecule has 1 aliphatic rings. The Morgan fingerprint density at radius 2 is 2.08 bits per heavy atom. The van der Waals surface area contributed by atoms with Gasteiger partial charge in [-0.25, -0.2) is 0 Å². The molecule has 1 fully saturated rings. The Labute approximate surface area is 77.2 Å². The van der Waals surface area contributed by atoms with Crippen molar-refractivity contribution in [2.75, 3.05) is 0 Å². The van der Waals surface area contributed by atoms with Gasteiger partial charge in [0.1, 0.15) is 6.10 Å². The molecule has 1 saturated carbocycles. The Kier molecular flexibility index (Phi) is 2.15.